The van der Waals surface area contributed by atoms with Crippen molar-refractivity contribution in [3.8, 4) is 0 Å². The molecule has 4 rings (SSSR count). The van der Waals surface area contributed by atoms with Gasteiger partial charge in [-0.05, 0) is 18.6 Å². The summed E-state index contributed by atoms with van der Waals surface area (Å²) in [5.74, 6) is 0.830. The molecule has 3 atom stereocenters. The van der Waals surface area contributed by atoms with Crippen molar-refractivity contribution in [1.29, 1.82) is 0 Å². The molecule has 1 aromatic heterocycles. The first-order valence-corrected chi connectivity index (χ1v) is 8.01. The van der Waals surface area contributed by atoms with Crippen molar-refractivity contribution in [3.63, 3.8) is 0 Å². The van der Waals surface area contributed by atoms with Gasteiger partial charge in [-0.1, -0.05) is 6.07 Å². The first kappa shape index (κ1) is 14.4. The van der Waals surface area contributed by atoms with Crippen LogP contribution in [0.2, 0.25) is 0 Å². The lowest BCUT2D eigenvalue weighted by atomic mass is 10.1. The Balaban J connectivity index is 1.48. The summed E-state index contributed by atoms with van der Waals surface area (Å²) >= 11 is 0. The van der Waals surface area contributed by atoms with E-state index in [-0.39, 0.29) is 30.1 Å². The number of ether oxygens (including phenoxy) is 1. The number of hydrogen-bond donors (Lipinski definition) is 0. The molecule has 3 aliphatic rings. The van der Waals surface area contributed by atoms with E-state index in [2.05, 4.69) is 9.88 Å². The van der Waals surface area contributed by atoms with Crippen LogP contribution in [0.15, 0.2) is 24.4 Å². The fourth-order valence-corrected chi connectivity index (χ4v) is 3.84. The molecule has 0 saturated carbocycles. The number of carbonyl (C=O) groups is 2. The minimum Gasteiger partial charge on any atom is -0.380 e. The normalized spacial score (nSPS) is 30.5. The molecular formula is C16H20N4O3. The zero-order valence-electron chi connectivity index (χ0n) is 13.1. The minimum absolute atomic E-state index is 0.0244. The Morgan fingerprint density at radius 1 is 1.26 bits per heavy atom. The molecule has 1 aromatic rings. The lowest BCUT2D eigenvalue weighted by Gasteiger charge is -2.24. The average Bonchev–Trinajstić information content (AvgIpc) is 3.26. The van der Waals surface area contributed by atoms with Crippen LogP contribution in [-0.4, -0.2) is 71.7 Å². The molecule has 3 aliphatic heterocycles. The van der Waals surface area contributed by atoms with Crippen molar-refractivity contribution in [2.75, 3.05) is 31.6 Å². The first-order chi connectivity index (χ1) is 11.2. The fraction of sp³-hybridized carbons (Fsp3) is 0.562. The van der Waals surface area contributed by atoms with E-state index in [1.54, 1.807) is 18.2 Å². The third kappa shape index (κ3) is 2.26. The quantitative estimate of drug-likeness (QED) is 0.769. The highest BCUT2D eigenvalue weighted by Crippen LogP contribution is 2.32. The van der Waals surface area contributed by atoms with E-state index in [1.165, 1.54) is 4.90 Å². The van der Waals surface area contributed by atoms with E-state index >= 15 is 0 Å². The van der Waals surface area contributed by atoms with Crippen molar-refractivity contribution < 1.29 is 14.3 Å². The fourth-order valence-electron chi connectivity index (χ4n) is 3.84. The maximum Gasteiger partial charge on any atom is 0.327 e. The summed E-state index contributed by atoms with van der Waals surface area (Å²) in [5, 5.41) is 0. The van der Waals surface area contributed by atoms with Crippen LogP contribution in [0.1, 0.15) is 12.8 Å². The average molecular weight is 316 g/mol. The molecule has 0 bridgehead atoms. The van der Waals surface area contributed by atoms with Gasteiger partial charge >= 0.3 is 6.03 Å². The van der Waals surface area contributed by atoms with E-state index in [9.17, 15) is 9.59 Å². The highest BCUT2D eigenvalue weighted by atomic mass is 16.5. The smallest absolute Gasteiger partial charge is 0.327 e. The molecule has 7 heteroatoms. The zero-order chi connectivity index (χ0) is 16.0. The molecule has 7 nitrogen and oxygen atoms in total. The minimum atomic E-state index is -0.337. The van der Waals surface area contributed by atoms with Gasteiger partial charge in [-0.2, -0.15) is 0 Å². The van der Waals surface area contributed by atoms with Gasteiger partial charge in [0.1, 0.15) is 11.9 Å². The molecule has 0 aromatic carbocycles. The molecular weight excluding hydrogens is 296 g/mol. The van der Waals surface area contributed by atoms with Crippen molar-refractivity contribution in [3.05, 3.63) is 24.4 Å². The van der Waals surface area contributed by atoms with E-state index in [1.807, 2.05) is 18.2 Å². The second-order valence-corrected chi connectivity index (χ2v) is 6.33. The largest absolute Gasteiger partial charge is 0.380 e. The summed E-state index contributed by atoms with van der Waals surface area (Å²) < 4.78 is 5.30. The van der Waals surface area contributed by atoms with Gasteiger partial charge in [0.05, 0.1) is 12.1 Å². The number of carbonyl (C=O) groups excluding carboxylic acids is 2. The van der Waals surface area contributed by atoms with Crippen LogP contribution < -0.4 is 4.90 Å². The number of aromatic nitrogens is 1. The van der Waals surface area contributed by atoms with Crippen LogP contribution in [0.3, 0.4) is 0 Å². The van der Waals surface area contributed by atoms with Crippen LogP contribution in [0.25, 0.3) is 0 Å². The van der Waals surface area contributed by atoms with Gasteiger partial charge in [0.2, 0.25) is 0 Å². The molecule has 0 unspecified atom stereocenters. The van der Waals surface area contributed by atoms with Crippen LogP contribution in [-0.2, 0) is 9.53 Å². The zero-order valence-corrected chi connectivity index (χ0v) is 13.1. The molecule has 0 radical (unpaired) electrons. The molecule has 0 aliphatic carbocycles. The Morgan fingerprint density at radius 3 is 2.83 bits per heavy atom. The van der Waals surface area contributed by atoms with Crippen LogP contribution in [0.5, 0.6) is 0 Å². The van der Waals surface area contributed by atoms with Crippen molar-refractivity contribution in [1.82, 2.24) is 14.8 Å². The summed E-state index contributed by atoms with van der Waals surface area (Å²) in [4.78, 5) is 34.9. The summed E-state index contributed by atoms with van der Waals surface area (Å²) in [7, 11) is 1.63. The molecule has 3 fully saturated rings. The lowest BCUT2D eigenvalue weighted by molar-refractivity contribution is -0.129. The predicted octanol–water partition coefficient (Wildman–Crippen LogP) is 0.712. The first-order valence-electron chi connectivity index (χ1n) is 8.01. The molecule has 122 valence electrons. The second-order valence-electron chi connectivity index (χ2n) is 6.33. The molecule has 0 N–H and O–H groups in total. The Bertz CT molecular complexity index is 599. The molecule has 0 spiro atoms. The van der Waals surface area contributed by atoms with E-state index in [0.717, 1.165) is 18.8 Å². The van der Waals surface area contributed by atoms with Crippen molar-refractivity contribution >= 4 is 17.8 Å². The number of nitrogens with zero attached hydrogens (tertiary/aromatic N) is 4. The predicted molar refractivity (Wildman–Crippen MR) is 83.0 cm³/mol. The van der Waals surface area contributed by atoms with E-state index in [0.29, 0.717) is 19.5 Å². The summed E-state index contributed by atoms with van der Waals surface area (Å²) in [6.07, 6.45) is 3.13. The van der Waals surface area contributed by atoms with Gasteiger partial charge in [0, 0.05) is 39.4 Å². The van der Waals surface area contributed by atoms with Gasteiger partial charge < -0.3 is 14.5 Å². The van der Waals surface area contributed by atoms with E-state index in [4.69, 9.17) is 4.74 Å². The highest BCUT2D eigenvalue weighted by Gasteiger charge is 2.53. The molecule has 3 saturated heterocycles. The van der Waals surface area contributed by atoms with Crippen molar-refractivity contribution in [2.45, 2.75) is 31.0 Å². The summed E-state index contributed by atoms with van der Waals surface area (Å²) in [6.45, 7) is 1.98. The number of pyridine rings is 1. The summed E-state index contributed by atoms with van der Waals surface area (Å²) in [5.41, 5.74) is 0. The monoisotopic (exact) mass is 316 g/mol. The number of urea groups is 1. The highest BCUT2D eigenvalue weighted by molar-refractivity contribution is 6.05. The molecule has 4 heterocycles. The van der Waals surface area contributed by atoms with Crippen LogP contribution >= 0.6 is 0 Å². The maximum absolute atomic E-state index is 12.7. The SMILES string of the molecule is CO[C@@H]1C[C@@H]2C(=O)N([C@@H]3CCN(c4ccccn4)C3)C(=O)N2C1. The lowest BCUT2D eigenvalue weighted by Crippen LogP contribution is -2.44. The van der Waals surface area contributed by atoms with Gasteiger partial charge in [-0.15, -0.1) is 0 Å². The Labute approximate surface area is 134 Å². The number of fused-ring (bicyclic) bond motifs is 1. The third-order valence-corrected chi connectivity index (χ3v) is 5.07. The van der Waals surface area contributed by atoms with E-state index < -0.39 is 0 Å². The maximum atomic E-state index is 12.7. The number of amides is 3. The Kier molecular flexibility index (Phi) is 3.45. The van der Waals surface area contributed by atoms with Crippen LogP contribution in [0.4, 0.5) is 10.6 Å². The molecule has 23 heavy (non-hydrogen) atoms. The van der Waals surface area contributed by atoms with Gasteiger partial charge in [0.25, 0.3) is 5.91 Å². The van der Waals surface area contributed by atoms with Gasteiger partial charge in [0.15, 0.2) is 0 Å². The molecule has 3 amide bonds. The van der Waals surface area contributed by atoms with Gasteiger partial charge in [-0.25, -0.2) is 9.78 Å². The topological polar surface area (TPSA) is 66.0 Å². The summed E-state index contributed by atoms with van der Waals surface area (Å²) in [6, 6.07) is 5.22. The number of imide groups is 1. The third-order valence-electron chi connectivity index (χ3n) is 5.07. The Hall–Kier alpha value is -2.15. The Morgan fingerprint density at radius 2 is 2.13 bits per heavy atom. The standard InChI is InChI=1S/C16H20N4O3/c1-23-12-8-13-15(21)20(16(22)19(13)10-12)11-5-7-18(9-11)14-4-2-3-6-17-14/h2-4,6,11-13H,5,7-10H2,1H3/t11-,12-,13-/m1/s1. The number of rotatable bonds is 3. The van der Waals surface area contributed by atoms with Crippen LogP contribution in [0, 0.1) is 0 Å². The number of anilines is 1. The van der Waals surface area contributed by atoms with Gasteiger partial charge in [-0.3, -0.25) is 9.69 Å². The second kappa shape index (κ2) is 5.49. The van der Waals surface area contributed by atoms with Crippen molar-refractivity contribution in [2.24, 2.45) is 0 Å². The number of hydrogen-bond acceptors (Lipinski definition) is 5. The number of methoxy groups -OCH3 is 1.